The summed E-state index contributed by atoms with van der Waals surface area (Å²) in [4.78, 5) is 41.9. The quantitative estimate of drug-likeness (QED) is 0.479. The lowest BCUT2D eigenvalue weighted by Crippen LogP contribution is -2.16. The molecule has 0 saturated carbocycles. The molecule has 166 valence electrons. The number of carbonyl (C=O) groups is 3. The third-order valence-electron chi connectivity index (χ3n) is 4.57. The van der Waals surface area contributed by atoms with Crippen LogP contribution in [0.2, 0.25) is 10.0 Å². The second-order valence-electron chi connectivity index (χ2n) is 6.61. The van der Waals surface area contributed by atoms with E-state index in [1.807, 2.05) is 0 Å². The molecule has 0 aliphatic rings. The van der Waals surface area contributed by atoms with E-state index in [-0.39, 0.29) is 40.8 Å². The number of amides is 1. The third kappa shape index (κ3) is 5.00. The number of nitrogens with one attached hydrogen (secondary N) is 1. The zero-order valence-electron chi connectivity index (χ0n) is 17.4. The van der Waals surface area contributed by atoms with Crippen LogP contribution in [-0.4, -0.2) is 36.0 Å². The van der Waals surface area contributed by atoms with Crippen LogP contribution in [0.1, 0.15) is 40.1 Å². The molecule has 32 heavy (non-hydrogen) atoms. The van der Waals surface area contributed by atoms with Crippen LogP contribution in [0.25, 0.3) is 10.9 Å². The fraction of sp³-hybridized carbons (Fsp3) is 0.217. The van der Waals surface area contributed by atoms with Crippen LogP contribution in [0.15, 0.2) is 42.6 Å². The maximum absolute atomic E-state index is 12.9. The van der Waals surface area contributed by atoms with Gasteiger partial charge in [-0.25, -0.2) is 4.79 Å². The molecule has 3 rings (SSSR count). The Labute approximate surface area is 194 Å². The third-order valence-corrected chi connectivity index (χ3v) is 5.20. The standard InChI is InChI=1S/C23H20Cl2N2O5/c1-3-31-19(28)11-14-13-7-5-10-18(21(13)26-12-15(14)23(30)32-4-2)27-22(29)20-16(24)8-6-9-17(20)25/h5-10,12H,3-4,11H2,1-2H3,(H,27,29). The van der Waals surface area contributed by atoms with Crippen molar-refractivity contribution >= 4 is 57.6 Å². The molecule has 2 aromatic carbocycles. The highest BCUT2D eigenvalue weighted by molar-refractivity contribution is 6.40. The van der Waals surface area contributed by atoms with Crippen molar-refractivity contribution in [3.05, 3.63) is 69.3 Å². The van der Waals surface area contributed by atoms with Crippen LogP contribution < -0.4 is 5.32 Å². The molecule has 0 saturated heterocycles. The average Bonchev–Trinajstić information content (AvgIpc) is 2.74. The number of hydrogen-bond donors (Lipinski definition) is 1. The van der Waals surface area contributed by atoms with E-state index < -0.39 is 17.8 Å². The highest BCUT2D eigenvalue weighted by atomic mass is 35.5. The molecule has 1 aromatic heterocycles. The van der Waals surface area contributed by atoms with Gasteiger partial charge >= 0.3 is 11.9 Å². The molecule has 1 N–H and O–H groups in total. The van der Waals surface area contributed by atoms with Crippen molar-refractivity contribution < 1.29 is 23.9 Å². The van der Waals surface area contributed by atoms with Gasteiger partial charge in [-0.2, -0.15) is 0 Å². The van der Waals surface area contributed by atoms with E-state index in [0.29, 0.717) is 22.2 Å². The molecule has 0 fully saturated rings. The van der Waals surface area contributed by atoms with Gasteiger partial charge in [0.05, 0.1) is 52.0 Å². The number of pyridine rings is 1. The Morgan fingerprint density at radius 2 is 1.62 bits per heavy atom. The molecular formula is C23H20Cl2N2O5. The second-order valence-corrected chi connectivity index (χ2v) is 7.42. The minimum atomic E-state index is -0.599. The Morgan fingerprint density at radius 1 is 0.969 bits per heavy atom. The van der Waals surface area contributed by atoms with Crippen LogP contribution in [0, 0.1) is 0 Å². The fourth-order valence-corrected chi connectivity index (χ4v) is 3.78. The monoisotopic (exact) mass is 474 g/mol. The molecule has 0 spiro atoms. The summed E-state index contributed by atoms with van der Waals surface area (Å²) in [6.45, 7) is 3.76. The van der Waals surface area contributed by atoms with E-state index in [4.69, 9.17) is 32.7 Å². The Kier molecular flexibility index (Phi) is 7.66. The molecule has 1 heterocycles. The summed E-state index contributed by atoms with van der Waals surface area (Å²) in [6, 6.07) is 9.80. The maximum Gasteiger partial charge on any atom is 0.340 e. The van der Waals surface area contributed by atoms with Gasteiger partial charge in [0.15, 0.2) is 0 Å². The molecule has 7 nitrogen and oxygen atoms in total. The molecule has 0 atom stereocenters. The topological polar surface area (TPSA) is 94.6 Å². The summed E-state index contributed by atoms with van der Waals surface area (Å²) in [5.41, 5.74) is 1.44. The summed E-state index contributed by atoms with van der Waals surface area (Å²) in [6.07, 6.45) is 1.17. The number of halogens is 2. The largest absolute Gasteiger partial charge is 0.466 e. The molecule has 1 amide bonds. The molecule has 0 unspecified atom stereocenters. The van der Waals surface area contributed by atoms with Crippen LogP contribution >= 0.6 is 23.2 Å². The summed E-state index contributed by atoms with van der Waals surface area (Å²) in [5.74, 6) is -1.61. The lowest BCUT2D eigenvalue weighted by Gasteiger charge is -2.14. The van der Waals surface area contributed by atoms with Crippen LogP contribution in [0.3, 0.4) is 0 Å². The Morgan fingerprint density at radius 3 is 2.28 bits per heavy atom. The molecule has 0 aliphatic heterocycles. The normalized spacial score (nSPS) is 10.6. The minimum absolute atomic E-state index is 0.128. The van der Waals surface area contributed by atoms with E-state index in [0.717, 1.165) is 0 Å². The predicted molar refractivity (Wildman–Crippen MR) is 122 cm³/mol. The van der Waals surface area contributed by atoms with Crippen LogP contribution in [0.4, 0.5) is 5.69 Å². The number of nitrogens with zero attached hydrogens (tertiary/aromatic N) is 1. The summed E-state index contributed by atoms with van der Waals surface area (Å²) >= 11 is 12.3. The SMILES string of the molecule is CCOC(=O)Cc1c(C(=O)OCC)cnc2c(NC(=O)c3c(Cl)cccc3Cl)cccc12. The van der Waals surface area contributed by atoms with Gasteiger partial charge in [0.1, 0.15) is 0 Å². The number of aromatic nitrogens is 1. The van der Waals surface area contributed by atoms with E-state index in [9.17, 15) is 14.4 Å². The average molecular weight is 475 g/mol. The summed E-state index contributed by atoms with van der Waals surface area (Å²) in [7, 11) is 0. The van der Waals surface area contributed by atoms with Crippen molar-refractivity contribution in [1.82, 2.24) is 4.98 Å². The summed E-state index contributed by atoms with van der Waals surface area (Å²) < 4.78 is 10.2. The number of hydrogen-bond acceptors (Lipinski definition) is 6. The summed E-state index contributed by atoms with van der Waals surface area (Å²) in [5, 5.41) is 3.67. The number of fused-ring (bicyclic) bond motifs is 1. The van der Waals surface area contributed by atoms with Crippen molar-refractivity contribution in [2.24, 2.45) is 0 Å². The number of carbonyl (C=O) groups excluding carboxylic acids is 3. The Hall–Kier alpha value is -3.16. The molecule has 0 aliphatic carbocycles. The molecule has 3 aromatic rings. The second kappa shape index (κ2) is 10.4. The predicted octanol–water partition coefficient (Wildman–Crippen LogP) is 5.08. The van der Waals surface area contributed by atoms with Crippen molar-refractivity contribution in [1.29, 1.82) is 0 Å². The van der Waals surface area contributed by atoms with Gasteiger partial charge in [-0.15, -0.1) is 0 Å². The van der Waals surface area contributed by atoms with E-state index >= 15 is 0 Å². The van der Waals surface area contributed by atoms with E-state index in [1.165, 1.54) is 6.20 Å². The van der Waals surface area contributed by atoms with Crippen molar-refractivity contribution in [3.63, 3.8) is 0 Å². The number of para-hydroxylation sites is 1. The molecule has 9 heteroatoms. The molecule has 0 radical (unpaired) electrons. The van der Waals surface area contributed by atoms with Gasteiger partial charge in [-0.3, -0.25) is 14.6 Å². The van der Waals surface area contributed by atoms with Gasteiger partial charge in [0, 0.05) is 11.6 Å². The highest BCUT2D eigenvalue weighted by Gasteiger charge is 2.22. The van der Waals surface area contributed by atoms with Gasteiger partial charge in [0.25, 0.3) is 5.91 Å². The number of ether oxygens (including phenoxy) is 2. The zero-order valence-corrected chi connectivity index (χ0v) is 18.9. The van der Waals surface area contributed by atoms with Crippen LogP contribution in [-0.2, 0) is 20.7 Å². The molecule has 0 bridgehead atoms. The molecular weight excluding hydrogens is 455 g/mol. The Balaban J connectivity index is 2.09. The number of anilines is 1. The smallest absolute Gasteiger partial charge is 0.340 e. The fourth-order valence-electron chi connectivity index (χ4n) is 3.21. The Bertz CT molecular complexity index is 1180. The number of benzene rings is 2. The van der Waals surface area contributed by atoms with Crippen LogP contribution in [0.5, 0.6) is 0 Å². The highest BCUT2D eigenvalue weighted by Crippen LogP contribution is 2.30. The van der Waals surface area contributed by atoms with Gasteiger partial charge in [-0.05, 0) is 37.6 Å². The van der Waals surface area contributed by atoms with E-state index in [2.05, 4.69) is 10.3 Å². The van der Waals surface area contributed by atoms with Crippen molar-refractivity contribution in [2.45, 2.75) is 20.3 Å². The first-order valence-corrected chi connectivity index (χ1v) is 10.6. The van der Waals surface area contributed by atoms with E-state index in [1.54, 1.807) is 50.2 Å². The zero-order chi connectivity index (χ0) is 23.3. The first-order chi connectivity index (χ1) is 15.4. The number of esters is 2. The van der Waals surface area contributed by atoms with Gasteiger partial charge in [0.2, 0.25) is 0 Å². The lowest BCUT2D eigenvalue weighted by molar-refractivity contribution is -0.142. The minimum Gasteiger partial charge on any atom is -0.466 e. The van der Waals surface area contributed by atoms with Gasteiger partial charge in [-0.1, -0.05) is 41.4 Å². The first kappa shape index (κ1) is 23.5. The van der Waals surface area contributed by atoms with Gasteiger partial charge < -0.3 is 14.8 Å². The maximum atomic E-state index is 12.9. The first-order valence-electron chi connectivity index (χ1n) is 9.86. The van der Waals surface area contributed by atoms with Crippen molar-refractivity contribution in [3.8, 4) is 0 Å². The number of rotatable bonds is 7. The van der Waals surface area contributed by atoms with Crippen molar-refractivity contribution in [2.75, 3.05) is 18.5 Å². The lowest BCUT2D eigenvalue weighted by atomic mass is 9.99.